The summed E-state index contributed by atoms with van der Waals surface area (Å²) in [5, 5.41) is 20.3. The van der Waals surface area contributed by atoms with Crippen molar-refractivity contribution in [3.8, 4) is 6.07 Å². The molecule has 26 heavy (non-hydrogen) atoms. The molecule has 0 saturated heterocycles. The number of hydrogen-bond donors (Lipinski definition) is 1. The molecule has 0 aliphatic carbocycles. The zero-order valence-electron chi connectivity index (χ0n) is 13.9. The highest BCUT2D eigenvalue weighted by atomic mass is 35.5. The summed E-state index contributed by atoms with van der Waals surface area (Å²) >= 11 is 18.9. The van der Waals surface area contributed by atoms with Crippen LogP contribution in [0.1, 0.15) is 32.7 Å². The van der Waals surface area contributed by atoms with Crippen LogP contribution in [0.15, 0.2) is 24.3 Å². The van der Waals surface area contributed by atoms with Crippen LogP contribution in [0.4, 0.5) is 0 Å². The topological polar surface area (TPSA) is 66.0 Å². The number of fused-ring (bicyclic) bond motifs is 1. The number of nitrogens with zero attached hydrogens (tertiary/aromatic N) is 2. The van der Waals surface area contributed by atoms with Gasteiger partial charge in [-0.1, -0.05) is 34.8 Å². The van der Waals surface area contributed by atoms with Gasteiger partial charge in [0, 0.05) is 29.6 Å². The van der Waals surface area contributed by atoms with Crippen LogP contribution in [0.3, 0.4) is 0 Å². The molecule has 4 nitrogen and oxygen atoms in total. The maximum atomic E-state index is 11.3. The van der Waals surface area contributed by atoms with Gasteiger partial charge in [0.05, 0.1) is 32.8 Å². The molecule has 132 valence electrons. The van der Waals surface area contributed by atoms with Crippen LogP contribution in [0.5, 0.6) is 0 Å². The summed E-state index contributed by atoms with van der Waals surface area (Å²) in [7, 11) is 1.87. The van der Waals surface area contributed by atoms with Crippen LogP contribution in [0.2, 0.25) is 15.1 Å². The number of aromatic nitrogens is 1. The average Bonchev–Trinajstić information content (AvgIpc) is 2.82. The lowest BCUT2D eigenvalue weighted by Gasteiger charge is -2.11. The molecule has 1 N–H and O–H groups in total. The van der Waals surface area contributed by atoms with Crippen molar-refractivity contribution in [2.24, 2.45) is 7.05 Å². The Morgan fingerprint density at radius 3 is 2.54 bits per heavy atom. The molecular formula is C19H13Cl3N2O2. The summed E-state index contributed by atoms with van der Waals surface area (Å²) in [6, 6.07) is 8.42. The summed E-state index contributed by atoms with van der Waals surface area (Å²) in [6.45, 7) is 1.93. The maximum absolute atomic E-state index is 11.3. The van der Waals surface area contributed by atoms with E-state index in [0.29, 0.717) is 27.6 Å². The van der Waals surface area contributed by atoms with Gasteiger partial charge in [0.2, 0.25) is 0 Å². The molecule has 1 heterocycles. The maximum Gasteiger partial charge on any atom is 0.337 e. The minimum Gasteiger partial charge on any atom is -0.478 e. The molecule has 2 aromatic carbocycles. The van der Waals surface area contributed by atoms with Crippen molar-refractivity contribution < 1.29 is 9.90 Å². The number of rotatable bonds is 3. The fourth-order valence-electron chi connectivity index (χ4n) is 3.18. The Hall–Kier alpha value is -2.19. The van der Waals surface area contributed by atoms with E-state index in [1.807, 2.05) is 18.5 Å². The lowest BCUT2D eigenvalue weighted by molar-refractivity contribution is 0.0697. The quantitative estimate of drug-likeness (QED) is 0.614. The minimum absolute atomic E-state index is 0.00674. The van der Waals surface area contributed by atoms with Gasteiger partial charge in [0.25, 0.3) is 0 Å². The average molecular weight is 408 g/mol. The van der Waals surface area contributed by atoms with Crippen molar-refractivity contribution in [2.45, 2.75) is 13.3 Å². The highest BCUT2D eigenvalue weighted by Gasteiger charge is 2.20. The van der Waals surface area contributed by atoms with Gasteiger partial charge < -0.3 is 9.67 Å². The molecule has 0 atom stereocenters. The van der Waals surface area contributed by atoms with E-state index >= 15 is 0 Å². The van der Waals surface area contributed by atoms with Crippen LogP contribution in [0, 0.1) is 18.3 Å². The highest BCUT2D eigenvalue weighted by molar-refractivity contribution is 6.38. The van der Waals surface area contributed by atoms with Crippen molar-refractivity contribution in [1.29, 1.82) is 5.26 Å². The smallest absolute Gasteiger partial charge is 0.337 e. The standard InChI is InChI=1S/C19H13Cl3N2O2/c1-9-15(7-12-13(20)4-3-11(18(12)22)19(25)26)24(2)16-6-10(8-23)5-14(21)17(9)16/h3-6H,7H2,1-2H3,(H,25,26). The molecular weight excluding hydrogens is 395 g/mol. The number of carbonyl (C=O) groups is 1. The Kier molecular flexibility index (Phi) is 4.90. The summed E-state index contributed by atoms with van der Waals surface area (Å²) in [6.07, 6.45) is 0.341. The van der Waals surface area contributed by atoms with Crippen molar-refractivity contribution in [3.05, 3.63) is 67.3 Å². The summed E-state index contributed by atoms with van der Waals surface area (Å²) in [4.78, 5) is 11.3. The van der Waals surface area contributed by atoms with E-state index in [2.05, 4.69) is 6.07 Å². The van der Waals surface area contributed by atoms with E-state index in [1.165, 1.54) is 12.1 Å². The molecule has 0 fully saturated rings. The lowest BCUT2D eigenvalue weighted by Crippen LogP contribution is -2.04. The molecule has 7 heteroatoms. The van der Waals surface area contributed by atoms with Gasteiger partial charge in [0.1, 0.15) is 0 Å². The van der Waals surface area contributed by atoms with E-state index in [0.717, 1.165) is 22.2 Å². The SMILES string of the molecule is Cc1c(Cc2c(Cl)ccc(C(=O)O)c2Cl)n(C)c2cc(C#N)cc(Cl)c12. The molecule has 1 aromatic heterocycles. The van der Waals surface area contributed by atoms with Gasteiger partial charge in [-0.2, -0.15) is 5.26 Å². The molecule has 0 radical (unpaired) electrons. The Morgan fingerprint density at radius 2 is 1.92 bits per heavy atom. The van der Waals surface area contributed by atoms with Crippen LogP contribution >= 0.6 is 34.8 Å². The summed E-state index contributed by atoms with van der Waals surface area (Å²) in [5.41, 5.74) is 3.67. The van der Waals surface area contributed by atoms with Gasteiger partial charge in [-0.3, -0.25) is 0 Å². The third kappa shape index (κ3) is 2.93. The van der Waals surface area contributed by atoms with E-state index in [1.54, 1.807) is 12.1 Å². The Labute approximate surface area is 165 Å². The lowest BCUT2D eigenvalue weighted by atomic mass is 10.0. The number of hydrogen-bond acceptors (Lipinski definition) is 2. The van der Waals surface area contributed by atoms with Gasteiger partial charge >= 0.3 is 5.97 Å². The number of carboxylic acids is 1. The highest BCUT2D eigenvalue weighted by Crippen LogP contribution is 2.36. The van der Waals surface area contributed by atoms with Crippen LogP contribution in [-0.4, -0.2) is 15.6 Å². The molecule has 0 aliphatic heterocycles. The van der Waals surface area contributed by atoms with Gasteiger partial charge in [0.15, 0.2) is 0 Å². The van der Waals surface area contributed by atoms with Crippen molar-refractivity contribution in [3.63, 3.8) is 0 Å². The molecule has 0 unspecified atom stereocenters. The van der Waals surface area contributed by atoms with Gasteiger partial charge in [-0.25, -0.2) is 4.79 Å². The Bertz CT molecular complexity index is 1110. The number of aryl methyl sites for hydroxylation is 2. The summed E-state index contributed by atoms with van der Waals surface area (Å²) in [5.74, 6) is -1.11. The predicted molar refractivity (Wildman–Crippen MR) is 104 cm³/mol. The summed E-state index contributed by atoms with van der Waals surface area (Å²) < 4.78 is 1.93. The normalized spacial score (nSPS) is 10.9. The van der Waals surface area contributed by atoms with Crippen LogP contribution < -0.4 is 0 Å². The number of benzene rings is 2. The van der Waals surface area contributed by atoms with Crippen LogP contribution in [-0.2, 0) is 13.5 Å². The molecule has 0 amide bonds. The number of nitriles is 1. The van der Waals surface area contributed by atoms with Crippen molar-refractivity contribution in [2.75, 3.05) is 0 Å². The monoisotopic (exact) mass is 406 g/mol. The van der Waals surface area contributed by atoms with Crippen molar-refractivity contribution >= 4 is 51.7 Å². The zero-order chi connectivity index (χ0) is 19.2. The van der Waals surface area contributed by atoms with Crippen molar-refractivity contribution in [1.82, 2.24) is 4.57 Å². The minimum atomic E-state index is -1.11. The van der Waals surface area contributed by atoms with Gasteiger partial charge in [-0.15, -0.1) is 0 Å². The molecule has 3 aromatic rings. The Balaban J connectivity index is 2.23. The second-order valence-corrected chi connectivity index (χ2v) is 7.16. The van der Waals surface area contributed by atoms with Crippen LogP contribution in [0.25, 0.3) is 10.9 Å². The molecule has 0 saturated carbocycles. The molecule has 3 rings (SSSR count). The second-order valence-electron chi connectivity index (χ2n) is 5.96. The van der Waals surface area contributed by atoms with E-state index in [9.17, 15) is 15.2 Å². The number of halogens is 3. The first kappa shape index (κ1) is 18.6. The first-order valence-corrected chi connectivity index (χ1v) is 8.77. The van der Waals surface area contributed by atoms with E-state index < -0.39 is 5.97 Å². The van der Waals surface area contributed by atoms with Gasteiger partial charge in [-0.05, 0) is 42.3 Å². The number of carboxylic acid groups (broad SMARTS) is 1. The van der Waals surface area contributed by atoms with E-state index in [-0.39, 0.29) is 10.6 Å². The third-order valence-corrected chi connectivity index (χ3v) is 5.62. The van der Waals surface area contributed by atoms with E-state index in [4.69, 9.17) is 34.8 Å². The third-order valence-electron chi connectivity index (χ3n) is 4.53. The molecule has 0 bridgehead atoms. The first-order valence-electron chi connectivity index (χ1n) is 7.64. The largest absolute Gasteiger partial charge is 0.478 e. The predicted octanol–water partition coefficient (Wildman–Crippen LogP) is 5.61. The molecule has 0 aliphatic rings. The fraction of sp³-hybridized carbons (Fsp3) is 0.158. The fourth-order valence-corrected chi connectivity index (χ4v) is 4.12. The second kappa shape index (κ2) is 6.85. The molecule has 0 spiro atoms. The first-order chi connectivity index (χ1) is 12.3. The Morgan fingerprint density at radius 1 is 1.23 bits per heavy atom. The zero-order valence-corrected chi connectivity index (χ0v) is 16.2. The number of aromatic carboxylic acids is 1.